The summed E-state index contributed by atoms with van der Waals surface area (Å²) in [5, 5.41) is 25.9. The molecule has 3 amide bonds. The first-order valence-corrected chi connectivity index (χ1v) is 10.9. The van der Waals surface area contributed by atoms with Crippen LogP contribution in [0.25, 0.3) is 0 Å². The Morgan fingerprint density at radius 2 is 1.55 bits per heavy atom. The molecular formula is C18H34N4O6S. The van der Waals surface area contributed by atoms with Crippen LogP contribution < -0.4 is 21.7 Å². The molecule has 5 atom stereocenters. The molecule has 0 heterocycles. The minimum atomic E-state index is -1.50. The third-order valence-corrected chi connectivity index (χ3v) is 4.75. The molecule has 0 aliphatic rings. The zero-order valence-corrected chi connectivity index (χ0v) is 18.4. The number of carbonyl (C=O) groups is 4. The van der Waals surface area contributed by atoms with E-state index in [1.807, 2.05) is 20.1 Å². The van der Waals surface area contributed by atoms with Gasteiger partial charge in [0.2, 0.25) is 17.7 Å². The maximum atomic E-state index is 12.5. The van der Waals surface area contributed by atoms with Crippen LogP contribution in [0.3, 0.4) is 0 Å². The van der Waals surface area contributed by atoms with Gasteiger partial charge < -0.3 is 31.9 Å². The number of aliphatic carboxylic acids is 1. The highest BCUT2D eigenvalue weighted by molar-refractivity contribution is 7.98. The predicted octanol–water partition coefficient (Wildman–Crippen LogP) is -0.947. The van der Waals surface area contributed by atoms with E-state index >= 15 is 0 Å². The number of thioether (sulfide) groups is 1. The fourth-order valence-corrected chi connectivity index (χ4v) is 2.89. The average Bonchev–Trinajstić information content (AvgIpc) is 2.61. The van der Waals surface area contributed by atoms with Gasteiger partial charge in [0.05, 0.1) is 12.1 Å². The van der Waals surface area contributed by atoms with Crippen molar-refractivity contribution in [2.24, 2.45) is 11.7 Å². The molecule has 0 rings (SSSR count). The molecule has 0 aliphatic carbocycles. The van der Waals surface area contributed by atoms with Gasteiger partial charge >= 0.3 is 5.97 Å². The molecular weight excluding hydrogens is 400 g/mol. The number of aliphatic hydroxyl groups excluding tert-OH is 1. The van der Waals surface area contributed by atoms with Crippen LogP contribution in [-0.4, -0.2) is 76.2 Å². The zero-order chi connectivity index (χ0) is 22.7. The molecule has 0 spiro atoms. The van der Waals surface area contributed by atoms with E-state index in [0.717, 1.165) is 0 Å². The van der Waals surface area contributed by atoms with Crippen LogP contribution in [0.2, 0.25) is 0 Å². The van der Waals surface area contributed by atoms with Gasteiger partial charge in [-0.1, -0.05) is 13.8 Å². The summed E-state index contributed by atoms with van der Waals surface area (Å²) in [5.74, 6) is -2.45. The van der Waals surface area contributed by atoms with Gasteiger partial charge in [0.15, 0.2) is 6.04 Å². The molecule has 29 heavy (non-hydrogen) atoms. The van der Waals surface area contributed by atoms with E-state index < -0.39 is 54.0 Å². The summed E-state index contributed by atoms with van der Waals surface area (Å²) in [6.45, 7) is 6.39. The maximum Gasteiger partial charge on any atom is 0.328 e. The van der Waals surface area contributed by atoms with Crippen molar-refractivity contribution in [3.05, 3.63) is 0 Å². The fourth-order valence-electron chi connectivity index (χ4n) is 2.40. The topological polar surface area (TPSA) is 171 Å². The van der Waals surface area contributed by atoms with Crippen LogP contribution in [-0.2, 0) is 19.2 Å². The van der Waals surface area contributed by atoms with Gasteiger partial charge in [-0.25, -0.2) is 4.79 Å². The highest BCUT2D eigenvalue weighted by Gasteiger charge is 2.31. The lowest BCUT2D eigenvalue weighted by Crippen LogP contribution is -2.58. The third-order valence-electron chi connectivity index (χ3n) is 4.11. The highest BCUT2D eigenvalue weighted by Crippen LogP contribution is 2.07. The van der Waals surface area contributed by atoms with E-state index in [0.29, 0.717) is 12.2 Å². The Morgan fingerprint density at radius 3 is 2.00 bits per heavy atom. The van der Waals surface area contributed by atoms with E-state index in [1.54, 1.807) is 11.8 Å². The van der Waals surface area contributed by atoms with Crippen LogP contribution in [0.4, 0.5) is 0 Å². The van der Waals surface area contributed by atoms with Crippen LogP contribution in [0.5, 0.6) is 0 Å². The lowest BCUT2D eigenvalue weighted by atomic mass is 10.0. The number of aliphatic hydroxyl groups is 1. The van der Waals surface area contributed by atoms with Gasteiger partial charge in [-0.05, 0) is 44.6 Å². The van der Waals surface area contributed by atoms with Crippen molar-refractivity contribution in [3.8, 4) is 0 Å². The molecule has 0 aromatic carbocycles. The number of rotatable bonds is 13. The molecule has 0 bridgehead atoms. The van der Waals surface area contributed by atoms with Crippen LogP contribution >= 0.6 is 11.8 Å². The number of carboxylic acid groups (broad SMARTS) is 1. The van der Waals surface area contributed by atoms with E-state index in [1.165, 1.54) is 13.8 Å². The van der Waals surface area contributed by atoms with Gasteiger partial charge in [0, 0.05) is 0 Å². The van der Waals surface area contributed by atoms with Gasteiger partial charge in [-0.15, -0.1) is 0 Å². The van der Waals surface area contributed by atoms with Crippen LogP contribution in [0.1, 0.15) is 40.5 Å². The SMILES string of the molecule is CSCCC(N)C(=O)NC(C)C(=O)NC(CC(C)C)C(=O)NC(C(=O)O)C(C)O. The molecule has 0 fully saturated rings. The van der Waals surface area contributed by atoms with Crippen LogP contribution in [0, 0.1) is 5.92 Å². The van der Waals surface area contributed by atoms with Crippen molar-refractivity contribution in [1.29, 1.82) is 0 Å². The molecule has 7 N–H and O–H groups in total. The molecule has 0 aromatic heterocycles. The first-order valence-electron chi connectivity index (χ1n) is 9.47. The summed E-state index contributed by atoms with van der Waals surface area (Å²) in [4.78, 5) is 48.2. The normalized spacial score (nSPS) is 16.3. The van der Waals surface area contributed by atoms with Gasteiger partial charge in [0.25, 0.3) is 0 Å². The van der Waals surface area contributed by atoms with Crippen molar-refractivity contribution in [2.75, 3.05) is 12.0 Å². The summed E-state index contributed by atoms with van der Waals surface area (Å²) < 4.78 is 0. The molecule has 168 valence electrons. The Kier molecular flexibility index (Phi) is 12.5. The molecule has 0 aliphatic heterocycles. The number of hydrogen-bond acceptors (Lipinski definition) is 7. The molecule has 5 unspecified atom stereocenters. The molecule has 0 aromatic rings. The highest BCUT2D eigenvalue weighted by atomic mass is 32.2. The molecule has 0 saturated heterocycles. The fraction of sp³-hybridized carbons (Fsp3) is 0.778. The number of amides is 3. The second-order valence-electron chi connectivity index (χ2n) is 7.37. The second-order valence-corrected chi connectivity index (χ2v) is 8.36. The summed E-state index contributed by atoms with van der Waals surface area (Å²) in [6.07, 6.45) is 1.30. The Labute approximate surface area is 175 Å². The Hall–Kier alpha value is -1.85. The lowest BCUT2D eigenvalue weighted by Gasteiger charge is -2.25. The number of carbonyl (C=O) groups excluding carboxylic acids is 3. The first kappa shape index (κ1) is 27.1. The predicted molar refractivity (Wildman–Crippen MR) is 111 cm³/mol. The third kappa shape index (κ3) is 10.5. The molecule has 0 saturated carbocycles. The maximum absolute atomic E-state index is 12.5. The minimum absolute atomic E-state index is 0.0192. The smallest absolute Gasteiger partial charge is 0.328 e. The largest absolute Gasteiger partial charge is 0.480 e. The lowest BCUT2D eigenvalue weighted by molar-refractivity contribution is -0.145. The van der Waals surface area contributed by atoms with Gasteiger partial charge in [-0.3, -0.25) is 14.4 Å². The van der Waals surface area contributed by atoms with E-state index in [4.69, 9.17) is 10.8 Å². The minimum Gasteiger partial charge on any atom is -0.480 e. The zero-order valence-electron chi connectivity index (χ0n) is 17.6. The van der Waals surface area contributed by atoms with Crippen molar-refractivity contribution in [3.63, 3.8) is 0 Å². The van der Waals surface area contributed by atoms with Crippen molar-refractivity contribution >= 4 is 35.5 Å². The summed E-state index contributed by atoms with van der Waals surface area (Å²) in [5.41, 5.74) is 5.78. The summed E-state index contributed by atoms with van der Waals surface area (Å²) in [6, 6.07) is -4.19. The number of hydrogen-bond donors (Lipinski definition) is 6. The van der Waals surface area contributed by atoms with E-state index in [2.05, 4.69) is 16.0 Å². The standard InChI is InChI=1S/C18H34N4O6S/c1-9(2)8-13(17(26)22-14(11(4)23)18(27)28)21-15(24)10(3)20-16(25)12(19)6-7-29-5/h9-14,23H,6-8,19H2,1-5H3,(H,20,25)(H,21,24)(H,22,26)(H,27,28). The number of carboxylic acids is 1. The van der Waals surface area contributed by atoms with Crippen molar-refractivity contribution in [2.45, 2.75) is 70.8 Å². The Bertz CT molecular complexity index is 573. The van der Waals surface area contributed by atoms with Crippen LogP contribution in [0.15, 0.2) is 0 Å². The summed E-state index contributed by atoms with van der Waals surface area (Å²) in [7, 11) is 0. The molecule has 10 nitrogen and oxygen atoms in total. The monoisotopic (exact) mass is 434 g/mol. The quantitative estimate of drug-likeness (QED) is 0.215. The van der Waals surface area contributed by atoms with Gasteiger partial charge in [0.1, 0.15) is 12.1 Å². The Balaban J connectivity index is 5.03. The number of nitrogens with one attached hydrogen (secondary N) is 3. The van der Waals surface area contributed by atoms with E-state index in [-0.39, 0.29) is 12.3 Å². The van der Waals surface area contributed by atoms with E-state index in [9.17, 15) is 24.3 Å². The van der Waals surface area contributed by atoms with Crippen molar-refractivity contribution in [1.82, 2.24) is 16.0 Å². The first-order chi connectivity index (χ1) is 13.4. The Morgan fingerprint density at radius 1 is 0.966 bits per heavy atom. The average molecular weight is 435 g/mol. The van der Waals surface area contributed by atoms with Gasteiger partial charge in [-0.2, -0.15) is 11.8 Å². The molecule has 11 heteroatoms. The summed E-state index contributed by atoms with van der Waals surface area (Å²) >= 11 is 1.56. The van der Waals surface area contributed by atoms with Crippen molar-refractivity contribution < 1.29 is 29.4 Å². The second kappa shape index (κ2) is 13.4. The molecule has 0 radical (unpaired) electrons. The number of nitrogens with two attached hydrogens (primary N) is 1.